The molecule has 1 heterocycles. The molecule has 0 aliphatic heterocycles. The highest BCUT2D eigenvalue weighted by atomic mass is 19.4. The summed E-state index contributed by atoms with van der Waals surface area (Å²) in [7, 11) is 0. The predicted octanol–water partition coefficient (Wildman–Crippen LogP) is 5.37. The van der Waals surface area contributed by atoms with E-state index in [-0.39, 0.29) is 22.8 Å². The number of pyridine rings is 1. The van der Waals surface area contributed by atoms with Crippen LogP contribution in [0.5, 0.6) is 0 Å². The molecule has 0 bridgehead atoms. The highest BCUT2D eigenvalue weighted by Gasteiger charge is 2.30. The van der Waals surface area contributed by atoms with Crippen molar-refractivity contribution in [1.82, 2.24) is 4.98 Å². The van der Waals surface area contributed by atoms with Crippen molar-refractivity contribution in [2.24, 2.45) is 0 Å². The van der Waals surface area contributed by atoms with E-state index in [1.165, 1.54) is 36.5 Å². The van der Waals surface area contributed by atoms with E-state index < -0.39 is 29.3 Å². The maximum Gasteiger partial charge on any atom is 0.416 e. The van der Waals surface area contributed by atoms with E-state index in [0.29, 0.717) is 0 Å². The first-order chi connectivity index (χ1) is 13.2. The van der Waals surface area contributed by atoms with Gasteiger partial charge in [0.15, 0.2) is 0 Å². The molecule has 0 fully saturated rings. The van der Waals surface area contributed by atoms with Crippen molar-refractivity contribution >= 4 is 23.0 Å². The van der Waals surface area contributed by atoms with Crippen molar-refractivity contribution in [3.8, 4) is 0 Å². The van der Waals surface area contributed by atoms with Crippen molar-refractivity contribution in [2.75, 3.05) is 10.6 Å². The Kier molecular flexibility index (Phi) is 5.25. The van der Waals surface area contributed by atoms with Crippen LogP contribution in [0.15, 0.2) is 60.8 Å². The second-order valence-electron chi connectivity index (χ2n) is 5.69. The average Bonchev–Trinajstić information content (AvgIpc) is 2.65. The van der Waals surface area contributed by atoms with Crippen molar-refractivity contribution < 1.29 is 26.7 Å². The molecule has 1 aromatic heterocycles. The van der Waals surface area contributed by atoms with Crippen LogP contribution in [0.1, 0.15) is 16.1 Å². The summed E-state index contributed by atoms with van der Waals surface area (Å²) in [6, 6.07) is 10.2. The molecule has 0 atom stereocenters. The fourth-order valence-corrected chi connectivity index (χ4v) is 2.33. The van der Waals surface area contributed by atoms with Gasteiger partial charge in [0, 0.05) is 5.69 Å². The molecule has 9 heteroatoms. The third-order valence-electron chi connectivity index (χ3n) is 3.68. The van der Waals surface area contributed by atoms with Gasteiger partial charge in [-0.2, -0.15) is 13.2 Å². The van der Waals surface area contributed by atoms with Crippen LogP contribution in [0.25, 0.3) is 0 Å². The third kappa shape index (κ3) is 4.43. The third-order valence-corrected chi connectivity index (χ3v) is 3.68. The van der Waals surface area contributed by atoms with E-state index in [1.807, 2.05) is 0 Å². The summed E-state index contributed by atoms with van der Waals surface area (Å²) < 4.78 is 65.4. The van der Waals surface area contributed by atoms with Crippen LogP contribution in [0, 0.1) is 11.6 Å². The quantitative estimate of drug-likeness (QED) is 0.586. The molecule has 0 aliphatic rings. The molecule has 3 aromatic rings. The Morgan fingerprint density at radius 2 is 1.57 bits per heavy atom. The summed E-state index contributed by atoms with van der Waals surface area (Å²) >= 11 is 0. The number of benzene rings is 2. The summed E-state index contributed by atoms with van der Waals surface area (Å²) in [5, 5.41) is 4.83. The Balaban J connectivity index is 1.72. The lowest BCUT2D eigenvalue weighted by atomic mass is 10.2. The number of nitrogens with zero attached hydrogens (tertiary/aromatic N) is 1. The van der Waals surface area contributed by atoms with Crippen molar-refractivity contribution in [3.05, 3.63) is 83.7 Å². The minimum absolute atomic E-state index is 0.0442. The topological polar surface area (TPSA) is 54.0 Å². The van der Waals surface area contributed by atoms with Crippen LogP contribution in [-0.2, 0) is 6.18 Å². The molecule has 0 aliphatic carbocycles. The number of hydrogen-bond acceptors (Lipinski definition) is 3. The van der Waals surface area contributed by atoms with E-state index in [0.717, 1.165) is 24.3 Å². The molecule has 3 rings (SSSR count). The minimum Gasteiger partial charge on any atom is -0.349 e. The zero-order valence-corrected chi connectivity index (χ0v) is 14.0. The lowest BCUT2D eigenvalue weighted by molar-refractivity contribution is -0.137. The Bertz CT molecular complexity index is 983. The lowest BCUT2D eigenvalue weighted by Crippen LogP contribution is -2.14. The first kappa shape index (κ1) is 19.3. The van der Waals surface area contributed by atoms with E-state index in [9.17, 15) is 26.7 Å². The van der Waals surface area contributed by atoms with E-state index in [2.05, 4.69) is 15.6 Å². The molecule has 144 valence electrons. The molecule has 0 saturated carbocycles. The zero-order valence-electron chi connectivity index (χ0n) is 14.0. The summed E-state index contributed by atoms with van der Waals surface area (Å²) in [5.74, 6) is -2.33. The number of alkyl halides is 3. The van der Waals surface area contributed by atoms with Gasteiger partial charge in [0.2, 0.25) is 0 Å². The van der Waals surface area contributed by atoms with Crippen molar-refractivity contribution in [1.29, 1.82) is 0 Å². The second kappa shape index (κ2) is 7.63. The molecule has 4 nitrogen and oxygen atoms in total. The summed E-state index contributed by atoms with van der Waals surface area (Å²) in [6.45, 7) is 0. The van der Waals surface area contributed by atoms with Crippen LogP contribution in [0.4, 0.5) is 39.0 Å². The first-order valence-electron chi connectivity index (χ1n) is 7.90. The van der Waals surface area contributed by atoms with Gasteiger partial charge in [-0.15, -0.1) is 0 Å². The number of amides is 1. The molecule has 0 saturated heterocycles. The summed E-state index contributed by atoms with van der Waals surface area (Å²) in [4.78, 5) is 16.0. The van der Waals surface area contributed by atoms with Crippen molar-refractivity contribution in [3.63, 3.8) is 0 Å². The van der Waals surface area contributed by atoms with Gasteiger partial charge in [0.05, 0.1) is 17.4 Å². The number of hydrogen-bond donors (Lipinski definition) is 2. The molecule has 2 N–H and O–H groups in total. The van der Waals surface area contributed by atoms with Gasteiger partial charge in [-0.3, -0.25) is 4.79 Å². The smallest absolute Gasteiger partial charge is 0.349 e. The summed E-state index contributed by atoms with van der Waals surface area (Å²) in [6.07, 6.45) is -3.36. The van der Waals surface area contributed by atoms with Gasteiger partial charge in [-0.05, 0) is 42.5 Å². The number of aromatic nitrogens is 1. The van der Waals surface area contributed by atoms with Gasteiger partial charge in [0.25, 0.3) is 5.91 Å². The van der Waals surface area contributed by atoms with Gasteiger partial charge in [0.1, 0.15) is 23.0 Å². The average molecular weight is 393 g/mol. The molecular weight excluding hydrogens is 381 g/mol. The van der Waals surface area contributed by atoms with Gasteiger partial charge in [-0.25, -0.2) is 13.8 Å². The van der Waals surface area contributed by atoms with Gasteiger partial charge < -0.3 is 10.6 Å². The largest absolute Gasteiger partial charge is 0.416 e. The molecule has 0 spiro atoms. The van der Waals surface area contributed by atoms with Crippen LogP contribution < -0.4 is 10.6 Å². The van der Waals surface area contributed by atoms with Gasteiger partial charge in [-0.1, -0.05) is 12.1 Å². The Hall–Kier alpha value is -3.49. The maximum absolute atomic E-state index is 13.6. The first-order valence-corrected chi connectivity index (χ1v) is 7.90. The van der Waals surface area contributed by atoms with Crippen LogP contribution in [-0.4, -0.2) is 10.9 Å². The molecule has 0 unspecified atom stereocenters. The fraction of sp³-hybridized carbons (Fsp3) is 0.0526. The van der Waals surface area contributed by atoms with E-state index in [4.69, 9.17) is 0 Å². The number of carbonyl (C=O) groups excluding carboxylic acids is 1. The SMILES string of the molecule is O=C(Nc1cccc(C(F)(F)F)c1)c1ccc(Nc2c(F)cccc2F)cn1. The highest BCUT2D eigenvalue weighted by molar-refractivity contribution is 6.03. The van der Waals surface area contributed by atoms with E-state index in [1.54, 1.807) is 0 Å². The number of nitrogens with one attached hydrogen (secondary N) is 2. The Labute approximate surface area is 156 Å². The molecule has 2 aromatic carbocycles. The standard InChI is InChI=1S/C19H12F5N3O/c20-14-5-2-6-15(21)17(14)26-13-7-8-16(25-10-13)18(28)27-12-4-1-3-11(9-12)19(22,23)24/h1-10,26H,(H,27,28). The lowest BCUT2D eigenvalue weighted by Gasteiger charge is -2.10. The van der Waals surface area contributed by atoms with Crippen molar-refractivity contribution in [2.45, 2.75) is 6.18 Å². The molecular formula is C19H12F5N3O. The molecule has 0 radical (unpaired) electrons. The van der Waals surface area contributed by atoms with Crippen LogP contribution in [0.3, 0.4) is 0 Å². The number of carbonyl (C=O) groups is 1. The Morgan fingerprint density at radius 3 is 2.18 bits per heavy atom. The number of anilines is 3. The Morgan fingerprint density at radius 1 is 0.893 bits per heavy atom. The zero-order chi connectivity index (χ0) is 20.3. The number of halogens is 5. The monoisotopic (exact) mass is 393 g/mol. The summed E-state index contributed by atoms with van der Waals surface area (Å²) in [5.41, 5.74) is -1.18. The minimum atomic E-state index is -4.53. The van der Waals surface area contributed by atoms with Gasteiger partial charge >= 0.3 is 6.18 Å². The number of rotatable bonds is 4. The highest BCUT2D eigenvalue weighted by Crippen LogP contribution is 2.30. The normalized spacial score (nSPS) is 11.2. The maximum atomic E-state index is 13.6. The molecule has 1 amide bonds. The number of para-hydroxylation sites is 1. The fourth-order valence-electron chi connectivity index (χ4n) is 2.33. The molecule has 28 heavy (non-hydrogen) atoms. The van der Waals surface area contributed by atoms with E-state index >= 15 is 0 Å². The van der Waals surface area contributed by atoms with Crippen LogP contribution >= 0.6 is 0 Å². The second-order valence-corrected chi connectivity index (χ2v) is 5.69. The predicted molar refractivity (Wildman–Crippen MR) is 93.3 cm³/mol. The van der Waals surface area contributed by atoms with Crippen LogP contribution in [0.2, 0.25) is 0 Å².